The number of aromatic nitrogens is 4. The van der Waals surface area contributed by atoms with Crippen LogP contribution in [0.3, 0.4) is 0 Å². The van der Waals surface area contributed by atoms with Crippen LogP contribution in [0.4, 0.5) is 0 Å². The maximum Gasteiger partial charge on any atom is 0.123 e. The standard InChI is InChI=1S/C23H28N4/c1-5-23(6-2,21-24-17-13-9-11-15-19(17)26(21)7-3)22-25-18-14-10-12-16-20(18)27(22)8-4/h9-16H,5-8H2,1-4H3. The zero-order chi connectivity index (χ0) is 19.0. The molecule has 0 unspecified atom stereocenters. The topological polar surface area (TPSA) is 35.6 Å². The maximum absolute atomic E-state index is 5.13. The Kier molecular flexibility index (Phi) is 4.50. The first kappa shape index (κ1) is 17.8. The SMILES string of the molecule is CCn1c(C(CC)(CC)c2nc3ccccc3n2CC)nc2ccccc21. The fourth-order valence-corrected chi connectivity index (χ4v) is 4.50. The molecule has 4 aromatic rings. The van der Waals surface area contributed by atoms with Crippen molar-refractivity contribution < 1.29 is 0 Å². The van der Waals surface area contributed by atoms with Crippen molar-refractivity contribution in [3.63, 3.8) is 0 Å². The third-order valence-corrected chi connectivity index (χ3v) is 6.00. The second-order valence-corrected chi connectivity index (χ2v) is 7.13. The highest BCUT2D eigenvalue weighted by molar-refractivity contribution is 5.78. The first-order valence-electron chi connectivity index (χ1n) is 10.1. The van der Waals surface area contributed by atoms with Gasteiger partial charge in [-0.05, 0) is 51.0 Å². The lowest BCUT2D eigenvalue weighted by Crippen LogP contribution is -2.33. The Morgan fingerprint density at radius 1 is 0.667 bits per heavy atom. The van der Waals surface area contributed by atoms with Crippen molar-refractivity contribution in [2.75, 3.05) is 0 Å². The van der Waals surface area contributed by atoms with E-state index in [1.807, 2.05) is 0 Å². The van der Waals surface area contributed by atoms with E-state index in [0.717, 1.165) is 48.6 Å². The summed E-state index contributed by atoms with van der Waals surface area (Å²) in [6.45, 7) is 10.8. The summed E-state index contributed by atoms with van der Waals surface area (Å²) in [4.78, 5) is 10.3. The third kappa shape index (κ3) is 2.50. The number of hydrogen-bond acceptors (Lipinski definition) is 2. The van der Waals surface area contributed by atoms with Gasteiger partial charge in [0.15, 0.2) is 0 Å². The summed E-state index contributed by atoms with van der Waals surface area (Å²) in [6, 6.07) is 16.9. The number of fused-ring (bicyclic) bond motifs is 2. The van der Waals surface area contributed by atoms with Gasteiger partial charge >= 0.3 is 0 Å². The Morgan fingerprint density at radius 3 is 1.44 bits per heavy atom. The molecule has 0 saturated carbocycles. The van der Waals surface area contributed by atoms with Crippen LogP contribution in [-0.4, -0.2) is 19.1 Å². The lowest BCUT2D eigenvalue weighted by Gasteiger charge is -2.31. The fraction of sp³-hybridized carbons (Fsp3) is 0.391. The zero-order valence-corrected chi connectivity index (χ0v) is 16.7. The van der Waals surface area contributed by atoms with Crippen molar-refractivity contribution in [3.8, 4) is 0 Å². The van der Waals surface area contributed by atoms with Crippen molar-refractivity contribution in [1.82, 2.24) is 19.1 Å². The van der Waals surface area contributed by atoms with Crippen LogP contribution < -0.4 is 0 Å². The first-order valence-corrected chi connectivity index (χ1v) is 10.1. The quantitative estimate of drug-likeness (QED) is 0.453. The van der Waals surface area contributed by atoms with E-state index in [4.69, 9.17) is 9.97 Å². The van der Waals surface area contributed by atoms with Crippen LogP contribution in [0.25, 0.3) is 22.1 Å². The molecule has 0 amide bonds. The average molecular weight is 361 g/mol. The molecule has 0 saturated heterocycles. The van der Waals surface area contributed by atoms with Crippen molar-refractivity contribution >= 4 is 22.1 Å². The van der Waals surface area contributed by atoms with Gasteiger partial charge in [-0.1, -0.05) is 38.1 Å². The first-order chi connectivity index (χ1) is 13.2. The van der Waals surface area contributed by atoms with Crippen LogP contribution in [0, 0.1) is 0 Å². The molecule has 140 valence electrons. The lowest BCUT2D eigenvalue weighted by molar-refractivity contribution is 0.393. The largest absolute Gasteiger partial charge is 0.327 e. The monoisotopic (exact) mass is 360 g/mol. The summed E-state index contributed by atoms with van der Waals surface area (Å²) in [5.41, 5.74) is 4.35. The van der Waals surface area contributed by atoms with Crippen LogP contribution >= 0.6 is 0 Å². The summed E-state index contributed by atoms with van der Waals surface area (Å²) in [5.74, 6) is 2.28. The van der Waals surface area contributed by atoms with Gasteiger partial charge in [-0.3, -0.25) is 0 Å². The molecule has 4 rings (SSSR count). The molecule has 0 N–H and O–H groups in total. The molecule has 0 aliphatic heterocycles. The van der Waals surface area contributed by atoms with Gasteiger partial charge in [0, 0.05) is 13.1 Å². The molecule has 27 heavy (non-hydrogen) atoms. The molecule has 2 heterocycles. The van der Waals surface area contributed by atoms with Gasteiger partial charge in [0.2, 0.25) is 0 Å². The van der Waals surface area contributed by atoms with E-state index in [1.165, 1.54) is 11.0 Å². The number of aryl methyl sites for hydroxylation is 2. The minimum atomic E-state index is -0.204. The fourth-order valence-electron chi connectivity index (χ4n) is 4.50. The molecule has 0 fully saturated rings. The number of para-hydroxylation sites is 4. The molecule has 4 nitrogen and oxygen atoms in total. The van der Waals surface area contributed by atoms with E-state index in [-0.39, 0.29) is 5.41 Å². The molecule has 0 aliphatic rings. The van der Waals surface area contributed by atoms with E-state index >= 15 is 0 Å². The second kappa shape index (κ2) is 6.84. The van der Waals surface area contributed by atoms with Gasteiger partial charge in [0.1, 0.15) is 11.6 Å². The van der Waals surface area contributed by atoms with E-state index in [1.54, 1.807) is 0 Å². The average Bonchev–Trinajstić information content (AvgIpc) is 3.28. The molecule has 0 atom stereocenters. The van der Waals surface area contributed by atoms with Crippen LogP contribution in [0.15, 0.2) is 48.5 Å². The minimum Gasteiger partial charge on any atom is -0.327 e. The number of rotatable bonds is 6. The molecule has 2 aromatic carbocycles. The Labute approximate surface area is 160 Å². The molecule has 0 bridgehead atoms. The number of imidazole rings is 2. The molecular formula is C23H28N4. The van der Waals surface area contributed by atoms with Gasteiger partial charge in [0.25, 0.3) is 0 Å². The summed E-state index contributed by atoms with van der Waals surface area (Å²) in [6.07, 6.45) is 1.94. The molecular weight excluding hydrogens is 332 g/mol. The van der Waals surface area contributed by atoms with Crippen LogP contribution in [0.5, 0.6) is 0 Å². The highest BCUT2D eigenvalue weighted by atomic mass is 15.1. The Hall–Kier alpha value is -2.62. The van der Waals surface area contributed by atoms with Crippen LogP contribution in [0.1, 0.15) is 52.2 Å². The third-order valence-electron chi connectivity index (χ3n) is 6.00. The van der Waals surface area contributed by atoms with Gasteiger partial charge in [0.05, 0.1) is 27.5 Å². The van der Waals surface area contributed by atoms with Crippen LogP contribution in [-0.2, 0) is 18.5 Å². The van der Waals surface area contributed by atoms with Gasteiger partial charge < -0.3 is 9.13 Å². The summed E-state index contributed by atoms with van der Waals surface area (Å²) in [7, 11) is 0. The summed E-state index contributed by atoms with van der Waals surface area (Å²) in [5, 5.41) is 0. The van der Waals surface area contributed by atoms with E-state index in [9.17, 15) is 0 Å². The van der Waals surface area contributed by atoms with E-state index in [2.05, 4.69) is 85.4 Å². The lowest BCUT2D eigenvalue weighted by atomic mass is 9.80. The Balaban J connectivity index is 2.06. The Bertz CT molecular complexity index is 998. The van der Waals surface area contributed by atoms with Gasteiger partial charge in [-0.25, -0.2) is 9.97 Å². The normalized spacial score (nSPS) is 12.3. The van der Waals surface area contributed by atoms with Gasteiger partial charge in [-0.15, -0.1) is 0 Å². The van der Waals surface area contributed by atoms with Crippen molar-refractivity contribution in [2.24, 2.45) is 0 Å². The number of nitrogens with zero attached hydrogens (tertiary/aromatic N) is 4. The predicted molar refractivity (Wildman–Crippen MR) is 112 cm³/mol. The minimum absolute atomic E-state index is 0.204. The molecule has 0 radical (unpaired) electrons. The summed E-state index contributed by atoms with van der Waals surface area (Å²) >= 11 is 0. The highest BCUT2D eigenvalue weighted by Crippen LogP contribution is 2.40. The molecule has 0 spiro atoms. The van der Waals surface area contributed by atoms with Gasteiger partial charge in [-0.2, -0.15) is 0 Å². The number of hydrogen-bond donors (Lipinski definition) is 0. The van der Waals surface area contributed by atoms with E-state index < -0.39 is 0 Å². The van der Waals surface area contributed by atoms with Crippen molar-refractivity contribution in [1.29, 1.82) is 0 Å². The maximum atomic E-state index is 5.13. The summed E-state index contributed by atoms with van der Waals surface area (Å²) < 4.78 is 4.75. The van der Waals surface area contributed by atoms with Crippen LogP contribution in [0.2, 0.25) is 0 Å². The zero-order valence-electron chi connectivity index (χ0n) is 16.7. The highest BCUT2D eigenvalue weighted by Gasteiger charge is 2.40. The van der Waals surface area contributed by atoms with Crippen molar-refractivity contribution in [3.05, 3.63) is 60.2 Å². The van der Waals surface area contributed by atoms with Crippen molar-refractivity contribution in [2.45, 2.75) is 59.0 Å². The number of benzene rings is 2. The Morgan fingerprint density at radius 2 is 1.07 bits per heavy atom. The predicted octanol–water partition coefficient (Wildman–Crippen LogP) is 5.53. The molecule has 4 heteroatoms. The smallest absolute Gasteiger partial charge is 0.123 e. The van der Waals surface area contributed by atoms with E-state index in [0.29, 0.717) is 0 Å². The second-order valence-electron chi connectivity index (χ2n) is 7.13. The molecule has 2 aromatic heterocycles. The molecule has 0 aliphatic carbocycles.